The highest BCUT2D eigenvalue weighted by Crippen LogP contribution is 2.50. The first-order valence-electron chi connectivity index (χ1n) is 9.21. The van der Waals surface area contributed by atoms with Crippen molar-refractivity contribution >= 4 is 0 Å². The van der Waals surface area contributed by atoms with E-state index in [1.807, 2.05) is 0 Å². The molecule has 0 aromatic heterocycles. The fourth-order valence-electron chi connectivity index (χ4n) is 5.36. The highest BCUT2D eigenvalue weighted by atomic mass is 16.5. The lowest BCUT2D eigenvalue weighted by molar-refractivity contribution is -0.322. The SMILES string of the molecule is OC(O)(C1CCCC1)C(O)(CC1CCCC1)C1CCCC1. The number of aliphatic hydroxyl groups is 3. The summed E-state index contributed by atoms with van der Waals surface area (Å²) in [5, 5.41) is 33.4. The van der Waals surface area contributed by atoms with Gasteiger partial charge in [-0.1, -0.05) is 51.4 Å². The molecule has 122 valence electrons. The molecule has 3 aliphatic rings. The molecule has 0 amide bonds. The summed E-state index contributed by atoms with van der Waals surface area (Å²) in [5.41, 5.74) is -1.28. The van der Waals surface area contributed by atoms with Crippen LogP contribution in [0.25, 0.3) is 0 Å². The van der Waals surface area contributed by atoms with E-state index in [1.54, 1.807) is 0 Å². The molecule has 0 saturated heterocycles. The van der Waals surface area contributed by atoms with Gasteiger partial charge >= 0.3 is 0 Å². The Balaban J connectivity index is 1.82. The van der Waals surface area contributed by atoms with Crippen molar-refractivity contribution in [2.24, 2.45) is 17.8 Å². The van der Waals surface area contributed by atoms with E-state index < -0.39 is 11.4 Å². The molecule has 0 spiro atoms. The molecule has 3 nitrogen and oxygen atoms in total. The Hall–Kier alpha value is -0.120. The average Bonchev–Trinajstić information content (AvgIpc) is 3.21. The number of rotatable bonds is 5. The maximum atomic E-state index is 11.5. The first-order valence-corrected chi connectivity index (χ1v) is 9.21. The van der Waals surface area contributed by atoms with Gasteiger partial charge in [-0.25, -0.2) is 0 Å². The summed E-state index contributed by atoms with van der Waals surface area (Å²) in [6.07, 6.45) is 13.4. The predicted octanol–water partition coefficient (Wildman–Crippen LogP) is 3.36. The lowest BCUT2D eigenvalue weighted by atomic mass is 9.69. The molecule has 3 rings (SSSR count). The van der Waals surface area contributed by atoms with Gasteiger partial charge in [0.25, 0.3) is 0 Å². The first kappa shape index (κ1) is 15.8. The molecule has 0 aromatic rings. The van der Waals surface area contributed by atoms with E-state index >= 15 is 0 Å². The summed E-state index contributed by atoms with van der Waals surface area (Å²) >= 11 is 0. The van der Waals surface area contributed by atoms with E-state index in [0.717, 1.165) is 64.2 Å². The Morgan fingerprint density at radius 3 is 1.57 bits per heavy atom. The third-order valence-corrected chi connectivity index (χ3v) is 6.67. The quantitative estimate of drug-likeness (QED) is 0.682. The number of hydrogen-bond donors (Lipinski definition) is 3. The maximum Gasteiger partial charge on any atom is 0.195 e. The fraction of sp³-hybridized carbons (Fsp3) is 1.00. The van der Waals surface area contributed by atoms with Gasteiger partial charge in [-0.2, -0.15) is 0 Å². The molecule has 0 heterocycles. The molecular formula is C18H32O3. The van der Waals surface area contributed by atoms with Gasteiger partial charge in [-0.3, -0.25) is 0 Å². The van der Waals surface area contributed by atoms with Gasteiger partial charge in [0.05, 0.1) is 0 Å². The Kier molecular flexibility index (Phi) is 4.63. The summed E-state index contributed by atoms with van der Waals surface area (Å²) in [6, 6.07) is 0. The molecule has 21 heavy (non-hydrogen) atoms. The minimum Gasteiger partial charge on any atom is -0.384 e. The third-order valence-electron chi connectivity index (χ3n) is 6.67. The Labute approximate surface area is 128 Å². The van der Waals surface area contributed by atoms with Crippen molar-refractivity contribution in [2.75, 3.05) is 0 Å². The van der Waals surface area contributed by atoms with Crippen LogP contribution in [0.1, 0.15) is 83.5 Å². The van der Waals surface area contributed by atoms with Gasteiger partial charge in [-0.15, -0.1) is 0 Å². The van der Waals surface area contributed by atoms with Crippen LogP contribution in [0.15, 0.2) is 0 Å². The highest BCUT2D eigenvalue weighted by Gasteiger charge is 2.58. The summed E-state index contributed by atoms with van der Waals surface area (Å²) in [7, 11) is 0. The molecule has 3 saturated carbocycles. The van der Waals surface area contributed by atoms with Crippen LogP contribution in [0.4, 0.5) is 0 Å². The van der Waals surface area contributed by atoms with Crippen LogP contribution in [0.3, 0.4) is 0 Å². The van der Waals surface area contributed by atoms with E-state index in [0.29, 0.717) is 12.3 Å². The van der Waals surface area contributed by atoms with Crippen molar-refractivity contribution in [3.8, 4) is 0 Å². The van der Waals surface area contributed by atoms with Gasteiger partial charge in [0, 0.05) is 5.92 Å². The molecule has 3 heteroatoms. The van der Waals surface area contributed by atoms with Crippen LogP contribution < -0.4 is 0 Å². The van der Waals surface area contributed by atoms with E-state index in [9.17, 15) is 15.3 Å². The zero-order valence-corrected chi connectivity index (χ0v) is 13.3. The van der Waals surface area contributed by atoms with Crippen molar-refractivity contribution in [3.05, 3.63) is 0 Å². The van der Waals surface area contributed by atoms with E-state index in [2.05, 4.69) is 0 Å². The Morgan fingerprint density at radius 2 is 1.05 bits per heavy atom. The average molecular weight is 296 g/mol. The summed E-state index contributed by atoms with van der Waals surface area (Å²) in [6.45, 7) is 0. The normalized spacial score (nSPS) is 29.3. The molecule has 1 unspecified atom stereocenters. The standard InChI is InChI=1S/C18H32O3/c19-17(15-9-3-4-10-15,13-14-7-1-2-8-14)18(20,21)16-11-5-6-12-16/h14-16,19-21H,1-13H2. The zero-order valence-electron chi connectivity index (χ0n) is 13.3. The summed E-state index contributed by atoms with van der Waals surface area (Å²) in [5.74, 6) is -1.46. The van der Waals surface area contributed by atoms with Crippen LogP contribution in [0.5, 0.6) is 0 Å². The largest absolute Gasteiger partial charge is 0.384 e. The maximum absolute atomic E-state index is 11.5. The van der Waals surface area contributed by atoms with Crippen LogP contribution >= 0.6 is 0 Å². The molecule has 0 aromatic carbocycles. The summed E-state index contributed by atoms with van der Waals surface area (Å²) < 4.78 is 0. The second-order valence-corrected chi connectivity index (χ2v) is 7.97. The molecule has 3 N–H and O–H groups in total. The predicted molar refractivity (Wildman–Crippen MR) is 82.6 cm³/mol. The van der Waals surface area contributed by atoms with Gasteiger partial charge in [-0.05, 0) is 43.9 Å². The van der Waals surface area contributed by atoms with Crippen molar-refractivity contribution in [1.29, 1.82) is 0 Å². The smallest absolute Gasteiger partial charge is 0.195 e. The van der Waals surface area contributed by atoms with Crippen LogP contribution in [0.2, 0.25) is 0 Å². The lowest BCUT2D eigenvalue weighted by Gasteiger charge is -2.48. The zero-order chi connectivity index (χ0) is 14.9. The van der Waals surface area contributed by atoms with Gasteiger partial charge in [0.2, 0.25) is 0 Å². The molecule has 0 aliphatic heterocycles. The minimum absolute atomic E-state index is 0.0775. The molecule has 0 radical (unpaired) electrons. The van der Waals surface area contributed by atoms with E-state index in [1.165, 1.54) is 12.8 Å². The third kappa shape index (κ3) is 2.89. The second-order valence-electron chi connectivity index (χ2n) is 7.97. The van der Waals surface area contributed by atoms with Gasteiger partial charge in [0.15, 0.2) is 5.79 Å². The first-order chi connectivity index (χ1) is 10.0. The van der Waals surface area contributed by atoms with Crippen LogP contribution in [0, 0.1) is 17.8 Å². The van der Waals surface area contributed by atoms with Crippen molar-refractivity contribution < 1.29 is 15.3 Å². The molecule has 3 aliphatic carbocycles. The molecular weight excluding hydrogens is 264 g/mol. The van der Waals surface area contributed by atoms with E-state index in [4.69, 9.17) is 0 Å². The summed E-state index contributed by atoms with van der Waals surface area (Å²) in [4.78, 5) is 0. The Morgan fingerprint density at radius 1 is 0.619 bits per heavy atom. The monoisotopic (exact) mass is 296 g/mol. The Bertz CT molecular complexity index is 336. The molecule has 3 fully saturated rings. The van der Waals surface area contributed by atoms with Crippen LogP contribution in [-0.2, 0) is 0 Å². The van der Waals surface area contributed by atoms with Crippen molar-refractivity contribution in [1.82, 2.24) is 0 Å². The fourth-order valence-corrected chi connectivity index (χ4v) is 5.36. The van der Waals surface area contributed by atoms with Crippen molar-refractivity contribution in [2.45, 2.75) is 94.9 Å². The van der Waals surface area contributed by atoms with Gasteiger partial charge < -0.3 is 15.3 Å². The van der Waals surface area contributed by atoms with Crippen molar-refractivity contribution in [3.63, 3.8) is 0 Å². The van der Waals surface area contributed by atoms with E-state index in [-0.39, 0.29) is 11.8 Å². The molecule has 1 atom stereocenters. The van der Waals surface area contributed by atoms with Crippen LogP contribution in [-0.4, -0.2) is 26.7 Å². The second kappa shape index (κ2) is 6.17. The molecule has 0 bridgehead atoms. The van der Waals surface area contributed by atoms with Gasteiger partial charge in [0.1, 0.15) is 5.60 Å². The topological polar surface area (TPSA) is 60.7 Å². The highest BCUT2D eigenvalue weighted by molar-refractivity contribution is 5.04. The minimum atomic E-state index is -1.89. The lowest BCUT2D eigenvalue weighted by Crippen LogP contribution is -2.62. The number of hydrogen-bond acceptors (Lipinski definition) is 3.